The normalized spacial score (nSPS) is 15.1. The van der Waals surface area contributed by atoms with Gasteiger partial charge in [0.1, 0.15) is 6.26 Å². The smallest absolute Gasteiger partial charge is 0.194 e. The highest BCUT2D eigenvalue weighted by Gasteiger charge is 2.21. The number of aliphatic imine (C=N–C) groups is 1. The van der Waals surface area contributed by atoms with E-state index in [9.17, 15) is 0 Å². The number of nitrogens with zero attached hydrogens (tertiary/aromatic N) is 6. The molecule has 4 rings (SSSR count). The standard InChI is InChI=1S/C22H29N7O.HI/c1-17-21(18(2)29(25-17)20-7-5-4-6-8-20)15-24-22(23-3)28-12-10-27(11-13-28)16-19-9-14-30-26-19;/h4-9,14H,10-13,15-16H2,1-3H3,(H,23,24);1H. The molecule has 8 nitrogen and oxygen atoms in total. The van der Waals surface area contributed by atoms with Gasteiger partial charge in [-0.15, -0.1) is 24.0 Å². The summed E-state index contributed by atoms with van der Waals surface area (Å²) in [4.78, 5) is 9.21. The van der Waals surface area contributed by atoms with Crippen LogP contribution in [0, 0.1) is 13.8 Å². The molecule has 0 atom stereocenters. The number of guanidine groups is 1. The average molecular weight is 535 g/mol. The van der Waals surface area contributed by atoms with Crippen LogP contribution < -0.4 is 5.32 Å². The van der Waals surface area contributed by atoms with E-state index < -0.39 is 0 Å². The lowest BCUT2D eigenvalue weighted by atomic mass is 10.2. The van der Waals surface area contributed by atoms with Crippen LogP contribution in [0.25, 0.3) is 5.69 Å². The fraction of sp³-hybridized carbons (Fsp3) is 0.409. The first-order valence-electron chi connectivity index (χ1n) is 10.3. The summed E-state index contributed by atoms with van der Waals surface area (Å²) in [7, 11) is 1.84. The summed E-state index contributed by atoms with van der Waals surface area (Å²) in [5, 5.41) is 12.3. The fourth-order valence-electron chi connectivity index (χ4n) is 3.92. The molecular formula is C22H30IN7O. The van der Waals surface area contributed by atoms with Crippen molar-refractivity contribution in [3.05, 3.63) is 65.3 Å². The van der Waals surface area contributed by atoms with Gasteiger partial charge in [0.2, 0.25) is 0 Å². The van der Waals surface area contributed by atoms with Gasteiger partial charge < -0.3 is 14.7 Å². The van der Waals surface area contributed by atoms with Gasteiger partial charge in [0.05, 0.1) is 17.1 Å². The van der Waals surface area contributed by atoms with Crippen molar-refractivity contribution in [3.8, 4) is 5.69 Å². The molecule has 1 aliphatic heterocycles. The second-order valence-electron chi connectivity index (χ2n) is 7.55. The van der Waals surface area contributed by atoms with E-state index in [1.165, 1.54) is 5.56 Å². The maximum Gasteiger partial charge on any atom is 0.194 e. The Kier molecular flexibility index (Phi) is 8.08. The molecule has 9 heteroatoms. The second-order valence-corrected chi connectivity index (χ2v) is 7.55. The molecule has 3 heterocycles. The highest BCUT2D eigenvalue weighted by molar-refractivity contribution is 14.0. The van der Waals surface area contributed by atoms with Crippen molar-refractivity contribution in [2.45, 2.75) is 26.9 Å². The SMILES string of the molecule is CN=C(NCc1c(C)nn(-c2ccccc2)c1C)N1CCN(Cc2ccon2)CC1.I. The van der Waals surface area contributed by atoms with Crippen LogP contribution in [-0.2, 0) is 13.1 Å². The van der Waals surface area contributed by atoms with Crippen LogP contribution in [0.4, 0.5) is 0 Å². The van der Waals surface area contributed by atoms with Gasteiger partial charge in [0.15, 0.2) is 5.96 Å². The summed E-state index contributed by atoms with van der Waals surface area (Å²) in [6.45, 7) is 9.51. The number of rotatable bonds is 5. The molecule has 0 bridgehead atoms. The fourth-order valence-corrected chi connectivity index (χ4v) is 3.92. The molecule has 3 aromatic rings. The molecule has 0 unspecified atom stereocenters. The lowest BCUT2D eigenvalue weighted by molar-refractivity contribution is 0.169. The third kappa shape index (κ3) is 5.45. The summed E-state index contributed by atoms with van der Waals surface area (Å²) in [6.07, 6.45) is 1.63. The molecular weight excluding hydrogens is 505 g/mol. The lowest BCUT2D eigenvalue weighted by Crippen LogP contribution is -2.52. The summed E-state index contributed by atoms with van der Waals surface area (Å²) in [5.41, 5.74) is 5.46. The number of benzene rings is 1. The molecule has 0 aliphatic carbocycles. The van der Waals surface area contributed by atoms with Gasteiger partial charge in [-0.25, -0.2) is 4.68 Å². The number of aromatic nitrogens is 3. The first-order valence-corrected chi connectivity index (χ1v) is 10.3. The largest absolute Gasteiger partial charge is 0.364 e. The number of nitrogens with one attached hydrogen (secondary N) is 1. The molecule has 1 aliphatic rings. The summed E-state index contributed by atoms with van der Waals surface area (Å²) in [5.74, 6) is 0.933. The Morgan fingerprint density at radius 2 is 1.84 bits per heavy atom. The van der Waals surface area contributed by atoms with Gasteiger partial charge in [-0.1, -0.05) is 23.4 Å². The van der Waals surface area contributed by atoms with Gasteiger partial charge in [-0.2, -0.15) is 5.10 Å². The number of para-hydroxylation sites is 1. The van der Waals surface area contributed by atoms with E-state index in [2.05, 4.69) is 51.2 Å². The van der Waals surface area contributed by atoms with Gasteiger partial charge in [0, 0.05) is 63.6 Å². The highest BCUT2D eigenvalue weighted by atomic mass is 127. The Labute approximate surface area is 200 Å². The van der Waals surface area contributed by atoms with Crippen LogP contribution in [0.5, 0.6) is 0 Å². The minimum atomic E-state index is 0. The van der Waals surface area contributed by atoms with E-state index in [0.717, 1.165) is 61.5 Å². The monoisotopic (exact) mass is 535 g/mol. The van der Waals surface area contributed by atoms with Crippen molar-refractivity contribution in [2.75, 3.05) is 33.2 Å². The summed E-state index contributed by atoms with van der Waals surface area (Å²) in [6, 6.07) is 12.2. The van der Waals surface area contributed by atoms with Gasteiger partial charge in [-0.3, -0.25) is 9.89 Å². The number of hydrogen-bond acceptors (Lipinski definition) is 5. The first kappa shape index (κ1) is 23.3. The molecule has 1 fully saturated rings. The van der Waals surface area contributed by atoms with Crippen molar-refractivity contribution >= 4 is 29.9 Å². The predicted molar refractivity (Wildman–Crippen MR) is 132 cm³/mol. The van der Waals surface area contributed by atoms with Crippen LogP contribution >= 0.6 is 24.0 Å². The lowest BCUT2D eigenvalue weighted by Gasteiger charge is -2.36. The van der Waals surface area contributed by atoms with Crippen molar-refractivity contribution in [2.24, 2.45) is 4.99 Å². The third-order valence-corrected chi connectivity index (χ3v) is 5.63. The van der Waals surface area contributed by atoms with Crippen LogP contribution in [0.3, 0.4) is 0 Å². The highest BCUT2D eigenvalue weighted by Crippen LogP contribution is 2.18. The van der Waals surface area contributed by atoms with Crippen LogP contribution in [0.1, 0.15) is 22.6 Å². The first-order chi connectivity index (χ1) is 14.7. The van der Waals surface area contributed by atoms with Gasteiger partial charge >= 0.3 is 0 Å². The molecule has 166 valence electrons. The zero-order valence-corrected chi connectivity index (χ0v) is 20.6. The van der Waals surface area contributed by atoms with E-state index in [1.807, 2.05) is 36.0 Å². The molecule has 31 heavy (non-hydrogen) atoms. The molecule has 0 saturated carbocycles. The molecule has 0 amide bonds. The predicted octanol–water partition coefficient (Wildman–Crippen LogP) is 2.99. The second kappa shape index (κ2) is 10.8. The Hall–Kier alpha value is -2.40. The van der Waals surface area contributed by atoms with E-state index in [-0.39, 0.29) is 24.0 Å². The molecule has 1 saturated heterocycles. The van der Waals surface area contributed by atoms with Crippen LogP contribution in [0.15, 0.2) is 52.2 Å². The zero-order chi connectivity index (χ0) is 20.9. The maximum absolute atomic E-state index is 4.93. The zero-order valence-electron chi connectivity index (χ0n) is 18.3. The minimum absolute atomic E-state index is 0. The number of hydrogen-bond donors (Lipinski definition) is 1. The molecule has 1 aromatic carbocycles. The van der Waals surface area contributed by atoms with Crippen molar-refractivity contribution in [1.29, 1.82) is 0 Å². The van der Waals surface area contributed by atoms with Crippen molar-refractivity contribution in [1.82, 2.24) is 30.1 Å². The van der Waals surface area contributed by atoms with E-state index in [1.54, 1.807) is 6.26 Å². The average Bonchev–Trinajstić information content (AvgIpc) is 3.38. The number of piperazine rings is 1. The summed E-state index contributed by atoms with van der Waals surface area (Å²) >= 11 is 0. The Morgan fingerprint density at radius 1 is 1.10 bits per heavy atom. The van der Waals surface area contributed by atoms with E-state index in [0.29, 0.717) is 6.54 Å². The number of aryl methyl sites for hydroxylation is 1. The van der Waals surface area contributed by atoms with E-state index in [4.69, 9.17) is 9.62 Å². The molecule has 1 N–H and O–H groups in total. The van der Waals surface area contributed by atoms with Crippen molar-refractivity contribution < 1.29 is 4.52 Å². The third-order valence-electron chi connectivity index (χ3n) is 5.63. The molecule has 0 radical (unpaired) electrons. The minimum Gasteiger partial charge on any atom is -0.364 e. The van der Waals surface area contributed by atoms with Gasteiger partial charge in [-0.05, 0) is 26.0 Å². The van der Waals surface area contributed by atoms with Crippen LogP contribution in [0.2, 0.25) is 0 Å². The van der Waals surface area contributed by atoms with Crippen LogP contribution in [-0.4, -0.2) is 63.9 Å². The quantitative estimate of drug-likeness (QED) is 0.308. The molecule has 0 spiro atoms. The maximum atomic E-state index is 4.93. The molecule has 2 aromatic heterocycles. The van der Waals surface area contributed by atoms with Gasteiger partial charge in [0.25, 0.3) is 0 Å². The summed E-state index contributed by atoms with van der Waals surface area (Å²) < 4.78 is 6.94. The Morgan fingerprint density at radius 3 is 2.48 bits per heavy atom. The van der Waals surface area contributed by atoms with Crippen molar-refractivity contribution in [3.63, 3.8) is 0 Å². The Balaban J connectivity index is 0.00000272. The number of halogens is 1. The topological polar surface area (TPSA) is 74.7 Å². The Bertz CT molecular complexity index is 977. The van der Waals surface area contributed by atoms with E-state index >= 15 is 0 Å².